The van der Waals surface area contributed by atoms with Crippen molar-refractivity contribution in [2.75, 3.05) is 32.7 Å². The van der Waals surface area contributed by atoms with Gasteiger partial charge in [-0.2, -0.15) is 0 Å². The summed E-state index contributed by atoms with van der Waals surface area (Å²) >= 11 is 0. The number of piperidine rings is 2. The summed E-state index contributed by atoms with van der Waals surface area (Å²) in [6, 6.07) is 8.73. The third kappa shape index (κ3) is 7.25. The van der Waals surface area contributed by atoms with Crippen molar-refractivity contribution in [2.24, 2.45) is 11.7 Å². The first-order valence-corrected chi connectivity index (χ1v) is 12.5. The topological polar surface area (TPSA) is 49.6 Å². The summed E-state index contributed by atoms with van der Waals surface area (Å²) in [5.41, 5.74) is 7.30. The quantitative estimate of drug-likeness (QED) is 0.736. The summed E-state index contributed by atoms with van der Waals surface area (Å²) in [5, 5.41) is 0. The second-order valence-corrected chi connectivity index (χ2v) is 9.49. The maximum absolute atomic E-state index is 12.9. The number of hydrogen-bond donors (Lipinski definition) is 1. The molecule has 2 atom stereocenters. The van der Waals surface area contributed by atoms with Gasteiger partial charge in [0.25, 0.3) is 0 Å². The third-order valence-electron chi connectivity index (χ3n) is 5.90. The van der Waals surface area contributed by atoms with E-state index in [1.165, 1.54) is 50.9 Å². The second-order valence-electron chi connectivity index (χ2n) is 8.00. The van der Waals surface area contributed by atoms with E-state index < -0.39 is 11.0 Å². The van der Waals surface area contributed by atoms with Gasteiger partial charge in [-0.15, -0.1) is 0 Å². The number of nitrogens with zero attached hydrogens (tertiary/aromatic N) is 2. The average molecular weight is 408 g/mol. The van der Waals surface area contributed by atoms with E-state index in [4.69, 9.17) is 5.73 Å². The summed E-state index contributed by atoms with van der Waals surface area (Å²) in [5.74, 6) is 0.685. The Morgan fingerprint density at radius 3 is 2.43 bits per heavy atom. The van der Waals surface area contributed by atoms with Crippen molar-refractivity contribution in [3.05, 3.63) is 29.8 Å². The predicted octanol–water partition coefficient (Wildman–Crippen LogP) is 4.21. The number of benzene rings is 1. The Kier molecular flexibility index (Phi) is 10.7. The standard InChI is InChI=1S/C21H35N3OS.C2H6/c1-2-18(17-23-11-4-3-5-12-23)15-19-7-6-8-21(16-19)26(25)24-13-9-20(22)10-14-24;1-2/h6-8,16,18,20H,2-5,9-15,17,22H2,1H3;1-2H3. The van der Waals surface area contributed by atoms with Crippen LogP contribution in [0.5, 0.6) is 0 Å². The molecule has 0 spiro atoms. The van der Waals surface area contributed by atoms with Crippen LogP contribution in [0.3, 0.4) is 0 Å². The molecule has 160 valence electrons. The van der Waals surface area contributed by atoms with Crippen LogP contribution in [-0.4, -0.2) is 52.2 Å². The number of likely N-dealkylation sites (tertiary alicyclic amines) is 1. The van der Waals surface area contributed by atoms with E-state index in [0.29, 0.717) is 5.92 Å². The van der Waals surface area contributed by atoms with Crippen LogP contribution in [-0.2, 0) is 17.4 Å². The van der Waals surface area contributed by atoms with Gasteiger partial charge in [-0.05, 0) is 68.8 Å². The van der Waals surface area contributed by atoms with E-state index in [1.54, 1.807) is 0 Å². The van der Waals surface area contributed by atoms with Gasteiger partial charge >= 0.3 is 0 Å². The van der Waals surface area contributed by atoms with Crippen molar-refractivity contribution < 1.29 is 4.21 Å². The van der Waals surface area contributed by atoms with E-state index in [1.807, 2.05) is 19.9 Å². The normalized spacial score (nSPS) is 21.6. The third-order valence-corrected chi connectivity index (χ3v) is 7.39. The fraction of sp³-hybridized carbons (Fsp3) is 0.739. The van der Waals surface area contributed by atoms with Crippen molar-refractivity contribution in [3.63, 3.8) is 0 Å². The smallest absolute Gasteiger partial charge is 0.127 e. The van der Waals surface area contributed by atoms with E-state index in [-0.39, 0.29) is 6.04 Å². The Hall–Kier alpha value is -0.750. The van der Waals surface area contributed by atoms with Crippen molar-refractivity contribution in [3.8, 4) is 0 Å². The molecule has 2 N–H and O–H groups in total. The molecule has 3 rings (SSSR count). The minimum Gasteiger partial charge on any atom is -0.328 e. The molecule has 0 aliphatic carbocycles. The molecule has 0 amide bonds. The first-order chi connectivity index (χ1) is 13.7. The minimum absolute atomic E-state index is 0.273. The molecule has 2 heterocycles. The van der Waals surface area contributed by atoms with Crippen LogP contribution in [0, 0.1) is 5.92 Å². The van der Waals surface area contributed by atoms with Crippen LogP contribution in [0.1, 0.15) is 64.9 Å². The predicted molar refractivity (Wildman–Crippen MR) is 121 cm³/mol. The minimum atomic E-state index is -1.05. The maximum atomic E-state index is 12.9. The highest BCUT2D eigenvalue weighted by molar-refractivity contribution is 7.82. The van der Waals surface area contributed by atoms with E-state index in [9.17, 15) is 4.21 Å². The Morgan fingerprint density at radius 2 is 1.79 bits per heavy atom. The van der Waals surface area contributed by atoms with Crippen molar-refractivity contribution in [1.82, 2.24) is 9.21 Å². The van der Waals surface area contributed by atoms with Crippen LogP contribution in [0.4, 0.5) is 0 Å². The van der Waals surface area contributed by atoms with Crippen molar-refractivity contribution in [2.45, 2.75) is 76.7 Å². The molecule has 1 aromatic carbocycles. The van der Waals surface area contributed by atoms with Gasteiger partial charge in [-0.3, -0.25) is 0 Å². The molecule has 2 fully saturated rings. The van der Waals surface area contributed by atoms with E-state index >= 15 is 0 Å². The molecule has 0 saturated carbocycles. The molecular weight excluding hydrogens is 366 g/mol. The molecule has 4 nitrogen and oxygen atoms in total. The summed E-state index contributed by atoms with van der Waals surface area (Å²) in [6.45, 7) is 11.7. The molecule has 0 aromatic heterocycles. The lowest BCUT2D eigenvalue weighted by molar-refractivity contribution is 0.192. The van der Waals surface area contributed by atoms with Crippen molar-refractivity contribution >= 4 is 11.0 Å². The molecule has 2 saturated heterocycles. The second kappa shape index (κ2) is 12.7. The fourth-order valence-corrected chi connectivity index (χ4v) is 5.44. The van der Waals surface area contributed by atoms with E-state index in [2.05, 4.69) is 34.3 Å². The Bertz CT molecular complexity index is 581. The monoisotopic (exact) mass is 407 g/mol. The van der Waals surface area contributed by atoms with Gasteiger partial charge < -0.3 is 10.6 Å². The summed E-state index contributed by atoms with van der Waals surface area (Å²) < 4.78 is 15.0. The molecule has 2 aliphatic rings. The molecule has 2 aliphatic heterocycles. The van der Waals surface area contributed by atoms with Crippen LogP contribution in [0.2, 0.25) is 0 Å². The SMILES string of the molecule is CC.CCC(Cc1cccc(S(=O)N2CCC(N)CC2)c1)CN1CCCCC1. The highest BCUT2D eigenvalue weighted by atomic mass is 32.2. The lowest BCUT2D eigenvalue weighted by atomic mass is 9.95. The molecule has 28 heavy (non-hydrogen) atoms. The highest BCUT2D eigenvalue weighted by Crippen LogP contribution is 2.21. The molecule has 1 aromatic rings. The average Bonchev–Trinajstić information content (AvgIpc) is 2.75. The Labute approximate surface area is 175 Å². The zero-order valence-corrected chi connectivity index (χ0v) is 19.1. The summed E-state index contributed by atoms with van der Waals surface area (Å²) in [4.78, 5) is 3.59. The number of rotatable bonds is 7. The maximum Gasteiger partial charge on any atom is 0.127 e. The van der Waals surface area contributed by atoms with Gasteiger partial charge in [0.1, 0.15) is 11.0 Å². The fourth-order valence-electron chi connectivity index (χ4n) is 4.15. The molecular formula is C23H41N3OS. The summed E-state index contributed by atoms with van der Waals surface area (Å²) in [7, 11) is -1.05. The summed E-state index contributed by atoms with van der Waals surface area (Å²) in [6.07, 6.45) is 8.27. The highest BCUT2D eigenvalue weighted by Gasteiger charge is 2.22. The van der Waals surface area contributed by atoms with Crippen LogP contribution in [0.15, 0.2) is 29.2 Å². The molecule has 0 radical (unpaired) electrons. The zero-order chi connectivity index (χ0) is 20.4. The Balaban J connectivity index is 0.00000136. The van der Waals surface area contributed by atoms with Gasteiger partial charge in [0.05, 0.1) is 4.90 Å². The van der Waals surface area contributed by atoms with Crippen molar-refractivity contribution in [1.29, 1.82) is 0 Å². The first kappa shape index (κ1) is 23.5. The lowest BCUT2D eigenvalue weighted by Gasteiger charge is -2.30. The number of hydrogen-bond acceptors (Lipinski definition) is 3. The van der Waals surface area contributed by atoms with Gasteiger partial charge in [0, 0.05) is 25.7 Å². The van der Waals surface area contributed by atoms with E-state index in [0.717, 1.165) is 37.2 Å². The van der Waals surface area contributed by atoms with Crippen LogP contribution in [0.25, 0.3) is 0 Å². The van der Waals surface area contributed by atoms with Gasteiger partial charge in [0.2, 0.25) is 0 Å². The molecule has 0 bridgehead atoms. The van der Waals surface area contributed by atoms with Gasteiger partial charge in [-0.1, -0.05) is 45.7 Å². The van der Waals surface area contributed by atoms with Crippen LogP contribution < -0.4 is 5.73 Å². The molecule has 5 heteroatoms. The Morgan fingerprint density at radius 1 is 1.11 bits per heavy atom. The molecule has 2 unspecified atom stereocenters. The van der Waals surface area contributed by atoms with Gasteiger partial charge in [0.15, 0.2) is 0 Å². The zero-order valence-electron chi connectivity index (χ0n) is 18.2. The lowest BCUT2D eigenvalue weighted by Crippen LogP contribution is -2.40. The first-order valence-electron chi connectivity index (χ1n) is 11.4. The van der Waals surface area contributed by atoms with Crippen LogP contribution >= 0.6 is 0 Å². The largest absolute Gasteiger partial charge is 0.328 e. The number of nitrogens with two attached hydrogens (primary N) is 1. The van der Waals surface area contributed by atoms with Gasteiger partial charge in [-0.25, -0.2) is 8.51 Å².